The van der Waals surface area contributed by atoms with Gasteiger partial charge in [-0.3, -0.25) is 9.48 Å². The summed E-state index contributed by atoms with van der Waals surface area (Å²) in [7, 11) is -2.17. The molecule has 3 aliphatic rings. The van der Waals surface area contributed by atoms with Crippen LogP contribution >= 0.6 is 0 Å². The molecule has 3 fully saturated rings. The van der Waals surface area contributed by atoms with Crippen LogP contribution in [0.2, 0.25) is 0 Å². The highest BCUT2D eigenvalue weighted by atomic mass is 32.2. The molecular weight excluding hydrogens is 502 g/mol. The van der Waals surface area contributed by atoms with Crippen molar-refractivity contribution in [1.29, 1.82) is 0 Å². The molecule has 5 heterocycles. The second-order valence-electron chi connectivity index (χ2n) is 10.8. The first-order chi connectivity index (χ1) is 18.3. The minimum atomic E-state index is -3.97. The maximum atomic E-state index is 14.0. The Bertz CT molecular complexity index is 1660. The van der Waals surface area contributed by atoms with Gasteiger partial charge in [-0.15, -0.1) is 0 Å². The standard InChI is InChI=1S/C27H29N7O3S/c1-17-3-9-22(10-4-17)38(36,37)34-24(19-12-30-31(2)13-19)11-23-25(28-16-29-26(23)34)32-14-20-7-8-21(15-32)33(20)27(35)18-5-6-18/h3-4,9-13,16,18,20-21H,5-8,14-15H2,1-2H3. The van der Waals surface area contributed by atoms with E-state index in [0.29, 0.717) is 47.1 Å². The fourth-order valence-electron chi connectivity index (χ4n) is 6.02. The summed E-state index contributed by atoms with van der Waals surface area (Å²) in [5.74, 6) is 1.21. The zero-order valence-corrected chi connectivity index (χ0v) is 22.2. The summed E-state index contributed by atoms with van der Waals surface area (Å²) in [6.07, 6.45) is 8.87. The fourth-order valence-corrected chi connectivity index (χ4v) is 7.50. The maximum absolute atomic E-state index is 14.0. The molecule has 2 aliphatic heterocycles. The lowest BCUT2D eigenvalue weighted by Gasteiger charge is -2.41. The number of carbonyl (C=O) groups excluding carboxylic acids is 1. The number of aryl methyl sites for hydroxylation is 2. The number of fused-ring (bicyclic) bond motifs is 3. The first kappa shape index (κ1) is 23.4. The summed E-state index contributed by atoms with van der Waals surface area (Å²) in [4.78, 5) is 26.6. The largest absolute Gasteiger partial charge is 0.352 e. The highest BCUT2D eigenvalue weighted by Crippen LogP contribution is 2.41. The topological polar surface area (TPSA) is 106 Å². The Hall–Kier alpha value is -3.73. The van der Waals surface area contributed by atoms with Crippen molar-refractivity contribution in [3.8, 4) is 11.3 Å². The number of hydrogen-bond donors (Lipinski definition) is 0. The van der Waals surface area contributed by atoms with Crippen LogP contribution < -0.4 is 4.90 Å². The molecule has 196 valence electrons. The molecule has 0 radical (unpaired) electrons. The Kier molecular flexibility index (Phi) is 5.16. The molecular formula is C27H29N7O3S. The zero-order chi connectivity index (χ0) is 26.2. The SMILES string of the molecule is Cc1ccc(S(=O)(=O)n2c(-c3cnn(C)c3)cc3c(N4CC5CCC(C4)N5C(=O)C4CC4)ncnc32)cc1. The Morgan fingerprint density at radius 2 is 1.71 bits per heavy atom. The quantitative estimate of drug-likeness (QED) is 0.390. The second kappa shape index (κ2) is 8.39. The number of rotatable bonds is 5. The third-order valence-corrected chi connectivity index (χ3v) is 9.77. The monoisotopic (exact) mass is 531 g/mol. The van der Waals surface area contributed by atoms with Crippen molar-refractivity contribution in [3.63, 3.8) is 0 Å². The van der Waals surface area contributed by atoms with Crippen LogP contribution in [0.3, 0.4) is 0 Å². The van der Waals surface area contributed by atoms with E-state index in [-0.39, 0.29) is 22.9 Å². The number of benzene rings is 1. The van der Waals surface area contributed by atoms with E-state index in [9.17, 15) is 13.2 Å². The van der Waals surface area contributed by atoms with E-state index in [0.717, 1.165) is 31.2 Å². The van der Waals surface area contributed by atoms with Gasteiger partial charge >= 0.3 is 0 Å². The summed E-state index contributed by atoms with van der Waals surface area (Å²) < 4.78 is 31.0. The lowest BCUT2D eigenvalue weighted by molar-refractivity contribution is -0.135. The van der Waals surface area contributed by atoms with Crippen molar-refractivity contribution >= 4 is 32.8 Å². The van der Waals surface area contributed by atoms with Crippen LogP contribution in [0.15, 0.2) is 53.9 Å². The van der Waals surface area contributed by atoms with Gasteiger partial charge in [0.15, 0.2) is 5.65 Å². The normalized spacial score (nSPS) is 21.4. The number of piperazine rings is 1. The third-order valence-electron chi connectivity index (χ3n) is 8.06. The Balaban J connectivity index is 1.35. The Morgan fingerprint density at radius 1 is 1.00 bits per heavy atom. The summed E-state index contributed by atoms with van der Waals surface area (Å²) in [5, 5.41) is 4.95. The van der Waals surface area contributed by atoms with E-state index in [4.69, 9.17) is 0 Å². The molecule has 38 heavy (non-hydrogen) atoms. The van der Waals surface area contributed by atoms with Gasteiger partial charge in [-0.25, -0.2) is 22.4 Å². The molecule has 2 atom stereocenters. The Morgan fingerprint density at radius 3 is 2.34 bits per heavy atom. The molecule has 1 aliphatic carbocycles. The van der Waals surface area contributed by atoms with E-state index in [2.05, 4.69) is 24.9 Å². The maximum Gasteiger partial charge on any atom is 0.269 e. The average molecular weight is 532 g/mol. The van der Waals surface area contributed by atoms with Gasteiger partial charge in [-0.2, -0.15) is 5.10 Å². The van der Waals surface area contributed by atoms with E-state index in [1.807, 2.05) is 13.0 Å². The third kappa shape index (κ3) is 3.63. The zero-order valence-electron chi connectivity index (χ0n) is 21.4. The van der Waals surface area contributed by atoms with Gasteiger partial charge in [0.1, 0.15) is 12.1 Å². The molecule has 1 aromatic carbocycles. The predicted molar refractivity (Wildman–Crippen MR) is 142 cm³/mol. The second-order valence-corrected chi connectivity index (χ2v) is 12.5. The minimum absolute atomic E-state index is 0.156. The fraction of sp³-hybridized carbons (Fsp3) is 0.407. The molecule has 0 N–H and O–H groups in total. The van der Waals surface area contributed by atoms with Crippen LogP contribution in [-0.4, -0.2) is 68.1 Å². The van der Waals surface area contributed by atoms with Crippen LogP contribution in [0, 0.1) is 12.8 Å². The summed E-state index contributed by atoms with van der Waals surface area (Å²) >= 11 is 0. The van der Waals surface area contributed by atoms with Gasteiger partial charge in [0.2, 0.25) is 5.91 Å². The van der Waals surface area contributed by atoms with Gasteiger partial charge in [0.05, 0.1) is 22.2 Å². The lowest BCUT2D eigenvalue weighted by Crippen LogP contribution is -2.56. The van der Waals surface area contributed by atoms with Crippen molar-refractivity contribution in [2.24, 2.45) is 13.0 Å². The Labute approximate surface area is 220 Å². The van der Waals surface area contributed by atoms with Crippen LogP contribution in [0.4, 0.5) is 5.82 Å². The number of carbonyl (C=O) groups is 1. The summed E-state index contributed by atoms with van der Waals surface area (Å²) in [6.45, 7) is 3.28. The van der Waals surface area contributed by atoms with Crippen LogP contribution in [-0.2, 0) is 21.9 Å². The molecule has 10 nitrogen and oxygen atoms in total. The van der Waals surface area contributed by atoms with Crippen molar-refractivity contribution in [2.45, 2.75) is 49.6 Å². The van der Waals surface area contributed by atoms with Crippen LogP contribution in [0.1, 0.15) is 31.2 Å². The first-order valence-electron chi connectivity index (χ1n) is 13.1. The predicted octanol–water partition coefficient (Wildman–Crippen LogP) is 2.97. The van der Waals surface area contributed by atoms with Gasteiger partial charge in [-0.05, 0) is 50.8 Å². The van der Waals surface area contributed by atoms with Gasteiger partial charge in [-0.1, -0.05) is 17.7 Å². The molecule has 1 amide bonds. The molecule has 4 aromatic rings. The molecule has 2 unspecified atom stereocenters. The average Bonchev–Trinajstić information content (AvgIpc) is 3.45. The summed E-state index contributed by atoms with van der Waals surface area (Å²) in [6, 6.07) is 9.00. The highest BCUT2D eigenvalue weighted by molar-refractivity contribution is 7.90. The van der Waals surface area contributed by atoms with Crippen molar-refractivity contribution in [3.05, 3.63) is 54.6 Å². The van der Waals surface area contributed by atoms with E-state index in [1.165, 1.54) is 10.3 Å². The number of aromatic nitrogens is 5. The molecule has 0 spiro atoms. The van der Waals surface area contributed by atoms with Gasteiger partial charge < -0.3 is 9.80 Å². The first-order valence-corrected chi connectivity index (χ1v) is 14.5. The molecule has 2 saturated heterocycles. The number of nitrogens with zero attached hydrogens (tertiary/aromatic N) is 7. The number of amides is 1. The smallest absolute Gasteiger partial charge is 0.269 e. The van der Waals surface area contributed by atoms with Crippen molar-refractivity contribution in [2.75, 3.05) is 18.0 Å². The van der Waals surface area contributed by atoms with E-state index < -0.39 is 10.0 Å². The number of anilines is 1. The van der Waals surface area contributed by atoms with Crippen molar-refractivity contribution in [1.82, 2.24) is 28.6 Å². The molecule has 11 heteroatoms. The van der Waals surface area contributed by atoms with Crippen LogP contribution in [0.5, 0.6) is 0 Å². The molecule has 3 aromatic heterocycles. The molecule has 1 saturated carbocycles. The lowest BCUT2D eigenvalue weighted by atomic mass is 10.1. The van der Waals surface area contributed by atoms with Crippen molar-refractivity contribution < 1.29 is 13.2 Å². The van der Waals surface area contributed by atoms with E-state index in [1.54, 1.807) is 48.4 Å². The minimum Gasteiger partial charge on any atom is -0.352 e. The molecule has 7 rings (SSSR count). The number of hydrogen-bond acceptors (Lipinski definition) is 7. The molecule has 2 bridgehead atoms. The van der Waals surface area contributed by atoms with Crippen LogP contribution in [0.25, 0.3) is 22.3 Å². The van der Waals surface area contributed by atoms with Gasteiger partial charge in [0, 0.05) is 49.9 Å². The summed E-state index contributed by atoms with van der Waals surface area (Å²) in [5.41, 5.74) is 2.47. The van der Waals surface area contributed by atoms with E-state index >= 15 is 0 Å². The highest BCUT2D eigenvalue weighted by Gasteiger charge is 2.47. The van der Waals surface area contributed by atoms with Gasteiger partial charge in [0.25, 0.3) is 10.0 Å².